The van der Waals surface area contributed by atoms with E-state index in [9.17, 15) is 13.2 Å². The minimum atomic E-state index is -4.79. The third-order valence-corrected chi connectivity index (χ3v) is 4.93. The molecule has 29 heavy (non-hydrogen) atoms. The predicted molar refractivity (Wildman–Crippen MR) is 99.6 cm³/mol. The quantitative estimate of drug-likeness (QED) is 0.592. The molecule has 158 valence electrons. The molecule has 2 saturated heterocycles. The fourth-order valence-corrected chi connectivity index (χ4v) is 3.35. The molecule has 1 unspecified atom stereocenters. The van der Waals surface area contributed by atoms with Crippen LogP contribution in [0.1, 0.15) is 5.82 Å². The number of nitrogens with two attached hydrogens (primary N) is 1. The van der Waals surface area contributed by atoms with Crippen LogP contribution in [-0.4, -0.2) is 79.6 Å². The van der Waals surface area contributed by atoms with E-state index >= 15 is 0 Å². The van der Waals surface area contributed by atoms with Crippen LogP contribution in [-0.2, 0) is 10.3 Å². The Bertz CT molecular complexity index is 767. The standard InChI is InChI=1S/C16H22F3N9O/c17-16(18,19)15(1-2-22-12(20)26-15)11-23-13(27-5-3-21-4-6-27)25-14(24-11)28-7-9-29-10-8-28/h1-2,21H,3-10H2,(H3,20,22,26). The minimum Gasteiger partial charge on any atom is -0.378 e. The summed E-state index contributed by atoms with van der Waals surface area (Å²) in [6.45, 7) is 4.38. The Hall–Kier alpha value is -2.67. The van der Waals surface area contributed by atoms with E-state index in [2.05, 4.69) is 30.6 Å². The number of nitrogens with zero attached hydrogens (tertiary/aromatic N) is 6. The molecule has 4 heterocycles. The lowest BCUT2D eigenvalue weighted by Gasteiger charge is -2.34. The van der Waals surface area contributed by atoms with Gasteiger partial charge in [0.1, 0.15) is 0 Å². The number of hydrogen-bond acceptors (Lipinski definition) is 10. The molecule has 13 heteroatoms. The van der Waals surface area contributed by atoms with Gasteiger partial charge in [0.25, 0.3) is 0 Å². The van der Waals surface area contributed by atoms with Crippen LogP contribution in [0.2, 0.25) is 0 Å². The number of alkyl halides is 3. The van der Waals surface area contributed by atoms with Crippen LogP contribution >= 0.6 is 0 Å². The smallest absolute Gasteiger partial charge is 0.378 e. The van der Waals surface area contributed by atoms with Crippen molar-refractivity contribution in [2.24, 2.45) is 10.7 Å². The molecule has 0 aliphatic carbocycles. The summed E-state index contributed by atoms with van der Waals surface area (Å²) in [5, 5.41) is 5.67. The van der Waals surface area contributed by atoms with Gasteiger partial charge in [-0.3, -0.25) is 0 Å². The summed E-state index contributed by atoms with van der Waals surface area (Å²) in [7, 11) is 0. The number of ether oxygens (including phenoxy) is 1. The summed E-state index contributed by atoms with van der Waals surface area (Å²) >= 11 is 0. The van der Waals surface area contributed by atoms with Gasteiger partial charge in [-0.1, -0.05) is 0 Å². The minimum absolute atomic E-state index is 0.177. The van der Waals surface area contributed by atoms with Gasteiger partial charge < -0.3 is 30.9 Å². The summed E-state index contributed by atoms with van der Waals surface area (Å²) in [6.07, 6.45) is -2.80. The first kappa shape index (κ1) is 19.6. The highest BCUT2D eigenvalue weighted by molar-refractivity contribution is 5.80. The molecule has 0 amide bonds. The van der Waals surface area contributed by atoms with Crippen LogP contribution < -0.4 is 26.2 Å². The van der Waals surface area contributed by atoms with Gasteiger partial charge in [-0.15, -0.1) is 0 Å². The van der Waals surface area contributed by atoms with Crippen LogP contribution in [0, 0.1) is 0 Å². The Kier molecular flexibility index (Phi) is 5.17. The van der Waals surface area contributed by atoms with Gasteiger partial charge >= 0.3 is 6.18 Å². The lowest BCUT2D eigenvalue weighted by molar-refractivity contribution is -0.176. The number of nitrogens with one attached hydrogen (secondary N) is 2. The topological polar surface area (TPSA) is 117 Å². The summed E-state index contributed by atoms with van der Waals surface area (Å²) in [5.74, 6) is -0.490. The van der Waals surface area contributed by atoms with E-state index in [1.165, 1.54) is 0 Å². The first-order valence-corrected chi connectivity index (χ1v) is 9.30. The van der Waals surface area contributed by atoms with E-state index in [0.717, 1.165) is 12.3 Å². The van der Waals surface area contributed by atoms with Gasteiger partial charge in [0, 0.05) is 45.5 Å². The fraction of sp³-hybridized carbons (Fsp3) is 0.625. The lowest BCUT2D eigenvalue weighted by Crippen LogP contribution is -2.48. The number of aromatic nitrogens is 3. The molecular formula is C16H22F3N9O. The van der Waals surface area contributed by atoms with E-state index in [1.54, 1.807) is 4.90 Å². The zero-order valence-electron chi connectivity index (χ0n) is 15.6. The second kappa shape index (κ2) is 7.63. The molecule has 1 aromatic rings. The van der Waals surface area contributed by atoms with Crippen molar-refractivity contribution in [3.8, 4) is 0 Å². The van der Waals surface area contributed by atoms with E-state index in [4.69, 9.17) is 10.5 Å². The second-order valence-electron chi connectivity index (χ2n) is 6.83. The molecule has 1 aromatic heterocycles. The lowest BCUT2D eigenvalue weighted by atomic mass is 9.97. The van der Waals surface area contributed by atoms with E-state index in [-0.39, 0.29) is 17.9 Å². The van der Waals surface area contributed by atoms with Crippen LogP contribution in [0.25, 0.3) is 0 Å². The van der Waals surface area contributed by atoms with Crippen LogP contribution in [0.3, 0.4) is 0 Å². The molecule has 0 saturated carbocycles. The van der Waals surface area contributed by atoms with Gasteiger partial charge in [-0.05, 0) is 6.08 Å². The average Bonchev–Trinajstić information content (AvgIpc) is 2.74. The molecule has 3 aliphatic heterocycles. The van der Waals surface area contributed by atoms with Gasteiger partial charge in [0.15, 0.2) is 11.8 Å². The van der Waals surface area contributed by atoms with Crippen molar-refractivity contribution in [1.29, 1.82) is 0 Å². The number of hydrogen-bond donors (Lipinski definition) is 3. The molecule has 10 nitrogen and oxygen atoms in total. The highest BCUT2D eigenvalue weighted by Gasteiger charge is 2.58. The molecule has 1 atom stereocenters. The number of rotatable bonds is 3. The largest absolute Gasteiger partial charge is 0.424 e. The summed E-state index contributed by atoms with van der Waals surface area (Å²) in [5.41, 5.74) is 2.79. The van der Waals surface area contributed by atoms with E-state index in [0.29, 0.717) is 52.5 Å². The summed E-state index contributed by atoms with van der Waals surface area (Å²) in [4.78, 5) is 20.2. The third kappa shape index (κ3) is 3.79. The summed E-state index contributed by atoms with van der Waals surface area (Å²) in [6, 6.07) is 0. The Balaban J connectivity index is 1.84. The SMILES string of the molecule is NC1=NC(c2nc(N3CCNCC3)nc(N3CCOCC3)n2)(C(F)(F)F)C=CN1. The number of anilines is 2. The molecule has 3 aliphatic rings. The molecule has 0 spiro atoms. The Morgan fingerprint density at radius 1 is 1.00 bits per heavy atom. The van der Waals surface area contributed by atoms with Crippen molar-refractivity contribution < 1.29 is 17.9 Å². The van der Waals surface area contributed by atoms with Crippen LogP contribution in [0.5, 0.6) is 0 Å². The van der Waals surface area contributed by atoms with Crippen molar-refractivity contribution in [3.05, 3.63) is 18.1 Å². The zero-order chi connectivity index (χ0) is 20.5. The Morgan fingerprint density at radius 3 is 2.21 bits per heavy atom. The van der Waals surface area contributed by atoms with Gasteiger partial charge in [0.05, 0.1) is 13.2 Å². The maximum absolute atomic E-state index is 14.2. The van der Waals surface area contributed by atoms with Gasteiger partial charge in [0.2, 0.25) is 17.4 Å². The normalized spacial score (nSPS) is 25.6. The molecule has 0 bridgehead atoms. The zero-order valence-corrected chi connectivity index (χ0v) is 15.6. The van der Waals surface area contributed by atoms with Crippen molar-refractivity contribution in [1.82, 2.24) is 25.6 Å². The molecule has 4 rings (SSSR count). The number of morpholine rings is 1. The number of halogens is 3. The number of aliphatic imine (C=N–C) groups is 1. The number of guanidine groups is 1. The maximum Gasteiger partial charge on any atom is 0.424 e. The first-order valence-electron chi connectivity index (χ1n) is 9.30. The number of piperazine rings is 1. The highest BCUT2D eigenvalue weighted by atomic mass is 19.4. The Morgan fingerprint density at radius 2 is 1.62 bits per heavy atom. The van der Waals surface area contributed by atoms with Crippen molar-refractivity contribution in [2.45, 2.75) is 11.7 Å². The van der Waals surface area contributed by atoms with Crippen molar-refractivity contribution >= 4 is 17.9 Å². The van der Waals surface area contributed by atoms with Crippen LogP contribution in [0.15, 0.2) is 17.3 Å². The monoisotopic (exact) mass is 413 g/mol. The molecule has 4 N–H and O–H groups in total. The third-order valence-electron chi connectivity index (χ3n) is 4.93. The predicted octanol–water partition coefficient (Wildman–Crippen LogP) is -0.693. The van der Waals surface area contributed by atoms with Crippen LogP contribution in [0.4, 0.5) is 25.1 Å². The maximum atomic E-state index is 14.2. The van der Waals surface area contributed by atoms with Crippen molar-refractivity contribution in [2.75, 3.05) is 62.3 Å². The summed E-state index contributed by atoms with van der Waals surface area (Å²) < 4.78 is 47.9. The molecule has 0 aromatic carbocycles. The highest BCUT2D eigenvalue weighted by Crippen LogP contribution is 2.43. The second-order valence-corrected chi connectivity index (χ2v) is 6.83. The van der Waals surface area contributed by atoms with Crippen molar-refractivity contribution in [3.63, 3.8) is 0 Å². The molecule has 0 radical (unpaired) electrons. The first-order chi connectivity index (χ1) is 13.9. The van der Waals surface area contributed by atoms with E-state index < -0.39 is 17.5 Å². The van der Waals surface area contributed by atoms with Gasteiger partial charge in [-0.25, -0.2) is 4.99 Å². The van der Waals surface area contributed by atoms with Gasteiger partial charge in [-0.2, -0.15) is 28.1 Å². The van der Waals surface area contributed by atoms with E-state index in [1.807, 2.05) is 4.90 Å². The molecular weight excluding hydrogens is 391 g/mol. The average molecular weight is 413 g/mol. The Labute approximate surface area is 165 Å². The molecule has 2 fully saturated rings. The fourth-order valence-electron chi connectivity index (χ4n) is 3.35.